The molecule has 3 aromatic carbocycles. The predicted molar refractivity (Wildman–Crippen MR) is 123 cm³/mol. The van der Waals surface area contributed by atoms with Gasteiger partial charge in [-0.1, -0.05) is 42.5 Å². The number of nitrogens with two attached hydrogens (primary N) is 1. The summed E-state index contributed by atoms with van der Waals surface area (Å²) in [5.74, 6) is -0.109. The fourth-order valence-electron chi connectivity index (χ4n) is 3.49. The molecule has 4 rings (SSSR count). The first kappa shape index (κ1) is 20.2. The second kappa shape index (κ2) is 8.31. The van der Waals surface area contributed by atoms with Crippen LogP contribution in [0.5, 0.6) is 0 Å². The molecule has 0 fully saturated rings. The maximum absolute atomic E-state index is 12.6. The van der Waals surface area contributed by atoms with Gasteiger partial charge in [-0.15, -0.1) is 0 Å². The van der Waals surface area contributed by atoms with Gasteiger partial charge < -0.3 is 16.0 Å². The van der Waals surface area contributed by atoms with Crippen molar-refractivity contribution in [2.75, 3.05) is 24.3 Å². The van der Waals surface area contributed by atoms with E-state index in [0.29, 0.717) is 16.9 Å². The Hall–Kier alpha value is -4.13. The van der Waals surface area contributed by atoms with Crippen molar-refractivity contribution < 1.29 is 9.59 Å². The van der Waals surface area contributed by atoms with E-state index in [1.807, 2.05) is 85.7 Å². The lowest BCUT2D eigenvalue weighted by Crippen LogP contribution is -2.20. The van der Waals surface area contributed by atoms with Crippen LogP contribution in [0.4, 0.5) is 16.2 Å². The smallest absolute Gasteiger partial charge is 0.340 e. The molecule has 7 nitrogen and oxygen atoms in total. The average molecular weight is 413 g/mol. The molecule has 1 aromatic heterocycles. The molecule has 3 N–H and O–H groups in total. The minimum atomic E-state index is -0.646. The van der Waals surface area contributed by atoms with E-state index in [0.717, 1.165) is 22.2 Å². The fourth-order valence-corrected chi connectivity index (χ4v) is 3.49. The highest BCUT2D eigenvalue weighted by atomic mass is 16.2. The van der Waals surface area contributed by atoms with Crippen LogP contribution in [0.2, 0.25) is 0 Å². The Morgan fingerprint density at radius 3 is 2.45 bits per heavy atom. The van der Waals surface area contributed by atoms with Gasteiger partial charge in [-0.25, -0.2) is 4.79 Å². The van der Waals surface area contributed by atoms with E-state index in [1.165, 1.54) is 4.68 Å². The highest BCUT2D eigenvalue weighted by molar-refractivity contribution is 5.99. The Morgan fingerprint density at radius 1 is 1.00 bits per heavy atom. The van der Waals surface area contributed by atoms with Crippen molar-refractivity contribution in [3.05, 3.63) is 78.4 Å². The van der Waals surface area contributed by atoms with Gasteiger partial charge in [-0.2, -0.15) is 9.78 Å². The standard InChI is InChI=1S/C24H23N5O2/c1-28(2)19-12-10-16(11-13-19)14-22(30)26-18-7-5-6-17(15-18)23-20-8-3-4-9-21(20)29(27-23)24(25)31/h3-13,15H,14H2,1-2H3,(H2,25,31)(H,26,30). The summed E-state index contributed by atoms with van der Waals surface area (Å²) < 4.78 is 1.19. The summed E-state index contributed by atoms with van der Waals surface area (Å²) in [6, 6.07) is 22.0. The van der Waals surface area contributed by atoms with Crippen molar-refractivity contribution in [2.24, 2.45) is 5.73 Å². The SMILES string of the molecule is CN(C)c1ccc(CC(=O)Nc2cccc(-c3nn(C(N)=O)c4ccccc34)c2)cc1. The van der Waals surface area contributed by atoms with Gasteiger partial charge in [0.2, 0.25) is 5.91 Å². The number of fused-ring (bicyclic) bond motifs is 1. The molecule has 0 bridgehead atoms. The van der Waals surface area contributed by atoms with E-state index in [2.05, 4.69) is 10.4 Å². The average Bonchev–Trinajstić information content (AvgIpc) is 3.14. The van der Waals surface area contributed by atoms with Crippen molar-refractivity contribution in [2.45, 2.75) is 6.42 Å². The highest BCUT2D eigenvalue weighted by Gasteiger charge is 2.15. The van der Waals surface area contributed by atoms with E-state index < -0.39 is 6.03 Å². The third kappa shape index (κ3) is 4.25. The van der Waals surface area contributed by atoms with Gasteiger partial charge in [0.05, 0.1) is 11.9 Å². The van der Waals surface area contributed by atoms with Crippen LogP contribution in [0.25, 0.3) is 22.2 Å². The Labute approximate surface area is 180 Å². The van der Waals surface area contributed by atoms with Crippen LogP contribution in [0.1, 0.15) is 5.56 Å². The minimum absolute atomic E-state index is 0.109. The first-order chi connectivity index (χ1) is 14.9. The van der Waals surface area contributed by atoms with Gasteiger partial charge >= 0.3 is 6.03 Å². The zero-order valence-corrected chi connectivity index (χ0v) is 17.4. The molecule has 0 aliphatic rings. The van der Waals surface area contributed by atoms with Crippen LogP contribution in [-0.4, -0.2) is 35.8 Å². The zero-order chi connectivity index (χ0) is 22.0. The number of carbonyl (C=O) groups excluding carboxylic acids is 2. The summed E-state index contributed by atoms with van der Waals surface area (Å²) >= 11 is 0. The van der Waals surface area contributed by atoms with Crippen LogP contribution >= 0.6 is 0 Å². The molecular formula is C24H23N5O2. The van der Waals surface area contributed by atoms with Crippen LogP contribution in [0.3, 0.4) is 0 Å². The number of hydrogen-bond acceptors (Lipinski definition) is 4. The molecule has 0 aliphatic carbocycles. The number of amides is 2. The molecular weight excluding hydrogens is 390 g/mol. The molecule has 0 saturated heterocycles. The summed E-state index contributed by atoms with van der Waals surface area (Å²) in [6.07, 6.45) is 0.275. The molecule has 1 heterocycles. The van der Waals surface area contributed by atoms with Crippen LogP contribution < -0.4 is 16.0 Å². The molecule has 0 radical (unpaired) electrons. The van der Waals surface area contributed by atoms with Gasteiger partial charge in [0.15, 0.2) is 0 Å². The molecule has 0 aliphatic heterocycles. The summed E-state index contributed by atoms with van der Waals surface area (Å²) in [6.45, 7) is 0. The van der Waals surface area contributed by atoms with E-state index >= 15 is 0 Å². The molecule has 156 valence electrons. The lowest BCUT2D eigenvalue weighted by molar-refractivity contribution is -0.115. The number of benzene rings is 3. The first-order valence-corrected chi connectivity index (χ1v) is 9.86. The second-order valence-electron chi connectivity index (χ2n) is 7.48. The molecule has 31 heavy (non-hydrogen) atoms. The van der Waals surface area contributed by atoms with Crippen molar-refractivity contribution in [3.8, 4) is 11.3 Å². The molecule has 7 heteroatoms. The number of nitrogens with zero attached hydrogens (tertiary/aromatic N) is 3. The van der Waals surface area contributed by atoms with E-state index in [4.69, 9.17) is 5.73 Å². The van der Waals surface area contributed by atoms with Crippen molar-refractivity contribution >= 4 is 34.2 Å². The summed E-state index contributed by atoms with van der Waals surface area (Å²) in [7, 11) is 3.95. The molecule has 0 unspecified atom stereocenters. The van der Waals surface area contributed by atoms with Crippen molar-refractivity contribution in [1.29, 1.82) is 0 Å². The third-order valence-corrected chi connectivity index (χ3v) is 5.03. The normalized spacial score (nSPS) is 10.8. The topological polar surface area (TPSA) is 93.2 Å². The fraction of sp³-hybridized carbons (Fsp3) is 0.125. The van der Waals surface area contributed by atoms with Gasteiger partial charge in [0, 0.05) is 36.4 Å². The Kier molecular flexibility index (Phi) is 5.41. The van der Waals surface area contributed by atoms with E-state index in [9.17, 15) is 9.59 Å². The second-order valence-corrected chi connectivity index (χ2v) is 7.48. The maximum Gasteiger partial charge on any atom is 0.340 e. The van der Waals surface area contributed by atoms with Gasteiger partial charge in [0.1, 0.15) is 5.69 Å². The van der Waals surface area contributed by atoms with E-state index in [-0.39, 0.29) is 12.3 Å². The summed E-state index contributed by atoms with van der Waals surface area (Å²) in [5.41, 5.74) is 10.2. The van der Waals surface area contributed by atoms with Crippen molar-refractivity contribution in [3.63, 3.8) is 0 Å². The number of primary amides is 1. The molecule has 2 amide bonds. The predicted octanol–water partition coefficient (Wildman–Crippen LogP) is 3.88. The Balaban J connectivity index is 1.56. The number of anilines is 2. The monoisotopic (exact) mass is 413 g/mol. The number of carbonyl (C=O) groups is 2. The number of nitrogens with one attached hydrogen (secondary N) is 1. The quantitative estimate of drug-likeness (QED) is 0.519. The summed E-state index contributed by atoms with van der Waals surface area (Å²) in [4.78, 5) is 26.3. The maximum atomic E-state index is 12.6. The van der Waals surface area contributed by atoms with Crippen LogP contribution in [0.15, 0.2) is 72.8 Å². The number of para-hydroxylation sites is 1. The number of hydrogen-bond donors (Lipinski definition) is 2. The first-order valence-electron chi connectivity index (χ1n) is 9.86. The number of rotatable bonds is 5. The largest absolute Gasteiger partial charge is 0.378 e. The van der Waals surface area contributed by atoms with Gasteiger partial charge in [0.25, 0.3) is 0 Å². The molecule has 0 saturated carbocycles. The van der Waals surface area contributed by atoms with Gasteiger partial charge in [-0.05, 0) is 35.9 Å². The zero-order valence-electron chi connectivity index (χ0n) is 17.4. The molecule has 4 aromatic rings. The Bertz CT molecular complexity index is 1260. The lowest BCUT2D eigenvalue weighted by Gasteiger charge is -2.12. The molecule has 0 atom stereocenters. The number of aromatic nitrogens is 2. The van der Waals surface area contributed by atoms with Crippen LogP contribution in [0, 0.1) is 0 Å². The highest BCUT2D eigenvalue weighted by Crippen LogP contribution is 2.29. The minimum Gasteiger partial charge on any atom is -0.378 e. The van der Waals surface area contributed by atoms with Crippen molar-refractivity contribution in [1.82, 2.24) is 9.78 Å². The Morgan fingerprint density at radius 2 is 1.74 bits per heavy atom. The lowest BCUT2D eigenvalue weighted by atomic mass is 10.1. The third-order valence-electron chi connectivity index (χ3n) is 5.03. The molecule has 0 spiro atoms. The van der Waals surface area contributed by atoms with E-state index in [1.54, 1.807) is 6.07 Å². The summed E-state index contributed by atoms with van der Waals surface area (Å²) in [5, 5.41) is 8.15. The van der Waals surface area contributed by atoms with Crippen LogP contribution in [-0.2, 0) is 11.2 Å². The van der Waals surface area contributed by atoms with Gasteiger partial charge in [-0.3, -0.25) is 4.79 Å².